The van der Waals surface area contributed by atoms with Gasteiger partial charge in [-0.3, -0.25) is 4.79 Å². The first-order valence-electron chi connectivity index (χ1n) is 13.4. The number of likely N-dealkylation sites (tertiary alicyclic amines) is 1. The molecule has 1 N–H and O–H groups in total. The van der Waals surface area contributed by atoms with Crippen LogP contribution in [0.2, 0.25) is 5.02 Å². The summed E-state index contributed by atoms with van der Waals surface area (Å²) in [6.45, 7) is 4.33. The molecule has 1 atom stereocenters. The lowest BCUT2D eigenvalue weighted by Gasteiger charge is -2.27. The van der Waals surface area contributed by atoms with Crippen LogP contribution in [0.3, 0.4) is 0 Å². The van der Waals surface area contributed by atoms with Gasteiger partial charge in [-0.15, -0.1) is 0 Å². The molecule has 3 aromatic carbocycles. The van der Waals surface area contributed by atoms with Gasteiger partial charge in [-0.1, -0.05) is 60.5 Å². The quantitative estimate of drug-likeness (QED) is 0.315. The molecule has 4 aromatic rings. The van der Waals surface area contributed by atoms with E-state index in [9.17, 15) is 4.79 Å². The number of hydrogen-bond donors (Lipinski definition) is 1. The van der Waals surface area contributed by atoms with E-state index in [4.69, 9.17) is 21.1 Å². The van der Waals surface area contributed by atoms with Crippen LogP contribution in [0.15, 0.2) is 77.6 Å². The highest BCUT2D eigenvalue weighted by molar-refractivity contribution is 6.30. The van der Waals surface area contributed by atoms with Crippen LogP contribution in [0.1, 0.15) is 42.0 Å². The van der Waals surface area contributed by atoms with E-state index in [1.54, 1.807) is 0 Å². The van der Waals surface area contributed by atoms with Crippen molar-refractivity contribution in [2.75, 3.05) is 26.4 Å². The molecule has 3 heterocycles. The van der Waals surface area contributed by atoms with Crippen LogP contribution in [-0.4, -0.2) is 35.9 Å². The number of pyridine rings is 1. The summed E-state index contributed by atoms with van der Waals surface area (Å²) in [5.41, 5.74) is 3.87. The highest BCUT2D eigenvalue weighted by Crippen LogP contribution is 2.36. The van der Waals surface area contributed by atoms with E-state index < -0.39 is 0 Å². The lowest BCUT2D eigenvalue weighted by Crippen LogP contribution is -2.36. The van der Waals surface area contributed by atoms with E-state index in [1.165, 1.54) is 19.3 Å². The maximum absolute atomic E-state index is 13.9. The van der Waals surface area contributed by atoms with Crippen LogP contribution < -0.4 is 20.3 Å². The smallest absolute Gasteiger partial charge is 0.255 e. The van der Waals surface area contributed by atoms with E-state index >= 15 is 0 Å². The number of aromatic nitrogens is 1. The van der Waals surface area contributed by atoms with Gasteiger partial charge >= 0.3 is 0 Å². The minimum absolute atomic E-state index is 0.0313. The Morgan fingerprint density at radius 3 is 2.32 bits per heavy atom. The van der Waals surface area contributed by atoms with Crippen molar-refractivity contribution >= 4 is 22.5 Å². The van der Waals surface area contributed by atoms with Gasteiger partial charge in [0.2, 0.25) is 6.79 Å². The summed E-state index contributed by atoms with van der Waals surface area (Å²) in [6, 6.07) is 24.0. The maximum atomic E-state index is 13.9. The third-order valence-corrected chi connectivity index (χ3v) is 7.84. The van der Waals surface area contributed by atoms with Crippen molar-refractivity contribution in [2.24, 2.45) is 0 Å². The highest BCUT2D eigenvalue weighted by atomic mass is 35.5. The Morgan fingerprint density at radius 1 is 0.842 bits per heavy atom. The standard InChI is InChI=1S/C31H32ClN3O3/c32-26-11-9-23(10-12-26)30(22-7-3-1-4-8-22)33-20-25-17-24-18-28-29(38-21-37-28)19-27(24)35(31(25)36)16-15-34-13-5-2-6-14-34/h1,3-4,7-12,17-19,30,33H,2,5-6,13-16,20-21H2/t30-/m0/s1. The van der Waals surface area contributed by atoms with Crippen LogP contribution >= 0.6 is 11.6 Å². The van der Waals surface area contributed by atoms with Crippen LogP contribution in [0.5, 0.6) is 11.5 Å². The average Bonchev–Trinajstić information content (AvgIpc) is 3.41. The second kappa shape index (κ2) is 11.2. The van der Waals surface area contributed by atoms with E-state index in [0.717, 1.165) is 53.0 Å². The number of nitrogens with zero attached hydrogens (tertiary/aromatic N) is 2. The summed E-state index contributed by atoms with van der Waals surface area (Å²) in [5, 5.41) is 5.33. The molecule has 196 valence electrons. The molecule has 0 amide bonds. The second-order valence-corrected chi connectivity index (χ2v) is 10.5. The Labute approximate surface area is 227 Å². The fraction of sp³-hybridized carbons (Fsp3) is 0.323. The number of rotatable bonds is 8. The third-order valence-electron chi connectivity index (χ3n) is 7.58. The van der Waals surface area contributed by atoms with Crippen LogP contribution in [0.25, 0.3) is 10.9 Å². The van der Waals surface area contributed by atoms with E-state index in [1.807, 2.05) is 65.2 Å². The average molecular weight is 530 g/mol. The van der Waals surface area contributed by atoms with E-state index in [-0.39, 0.29) is 18.4 Å². The molecule has 2 aliphatic heterocycles. The molecule has 1 aromatic heterocycles. The Bertz CT molecular complexity index is 1460. The van der Waals surface area contributed by atoms with Gasteiger partial charge in [0, 0.05) is 41.7 Å². The number of benzene rings is 3. The van der Waals surface area contributed by atoms with Gasteiger partial charge in [-0.2, -0.15) is 0 Å². The summed E-state index contributed by atoms with van der Waals surface area (Å²) in [6.07, 6.45) is 3.74. The molecule has 0 saturated carbocycles. The molecule has 1 fully saturated rings. The van der Waals surface area contributed by atoms with Gasteiger partial charge in [0.05, 0.1) is 11.6 Å². The zero-order valence-electron chi connectivity index (χ0n) is 21.4. The largest absolute Gasteiger partial charge is 0.454 e. The summed E-state index contributed by atoms with van der Waals surface area (Å²) >= 11 is 6.17. The molecule has 0 aliphatic carbocycles. The van der Waals surface area contributed by atoms with Gasteiger partial charge in [0.15, 0.2) is 11.5 Å². The molecule has 2 aliphatic rings. The van der Waals surface area contributed by atoms with Crippen LogP contribution in [0.4, 0.5) is 0 Å². The molecule has 0 bridgehead atoms. The topological polar surface area (TPSA) is 55.7 Å². The molecule has 6 nitrogen and oxygen atoms in total. The van der Waals surface area contributed by atoms with E-state index in [2.05, 4.69) is 22.3 Å². The summed E-state index contributed by atoms with van der Waals surface area (Å²) in [7, 11) is 0. The van der Waals surface area contributed by atoms with Crippen molar-refractivity contribution in [1.82, 2.24) is 14.8 Å². The lowest BCUT2D eigenvalue weighted by atomic mass is 9.98. The first kappa shape index (κ1) is 25.0. The summed E-state index contributed by atoms with van der Waals surface area (Å²) in [5.74, 6) is 1.42. The minimum Gasteiger partial charge on any atom is -0.454 e. The molecule has 7 heteroatoms. The lowest BCUT2D eigenvalue weighted by molar-refractivity contribution is 0.174. The molecular weight excluding hydrogens is 498 g/mol. The summed E-state index contributed by atoms with van der Waals surface area (Å²) in [4.78, 5) is 16.4. The van der Waals surface area contributed by atoms with Crippen molar-refractivity contribution in [1.29, 1.82) is 0 Å². The monoisotopic (exact) mass is 529 g/mol. The Hall–Kier alpha value is -3.32. The fourth-order valence-electron chi connectivity index (χ4n) is 5.54. The number of nitrogens with one attached hydrogen (secondary N) is 1. The predicted octanol–water partition coefficient (Wildman–Crippen LogP) is 5.75. The zero-order valence-corrected chi connectivity index (χ0v) is 22.1. The minimum atomic E-state index is -0.0814. The number of ether oxygens (including phenoxy) is 2. The number of hydrogen-bond acceptors (Lipinski definition) is 5. The molecule has 1 saturated heterocycles. The van der Waals surface area contributed by atoms with Crippen LogP contribution in [-0.2, 0) is 13.1 Å². The van der Waals surface area contributed by atoms with Crippen molar-refractivity contribution in [3.63, 3.8) is 0 Å². The number of halogens is 1. The summed E-state index contributed by atoms with van der Waals surface area (Å²) < 4.78 is 13.2. The first-order chi connectivity index (χ1) is 18.7. The number of piperidine rings is 1. The Morgan fingerprint density at radius 2 is 1.55 bits per heavy atom. The van der Waals surface area contributed by atoms with Gasteiger partial charge in [-0.05, 0) is 61.3 Å². The normalized spacial score (nSPS) is 16.1. The number of fused-ring (bicyclic) bond motifs is 2. The third kappa shape index (κ3) is 5.30. The molecule has 38 heavy (non-hydrogen) atoms. The van der Waals surface area contributed by atoms with Gasteiger partial charge < -0.3 is 24.3 Å². The molecule has 0 radical (unpaired) electrons. The molecule has 0 spiro atoms. The first-order valence-corrected chi connectivity index (χ1v) is 13.8. The molecular formula is C31H32ClN3O3. The maximum Gasteiger partial charge on any atom is 0.255 e. The second-order valence-electron chi connectivity index (χ2n) is 10.1. The van der Waals surface area contributed by atoms with Gasteiger partial charge in [0.1, 0.15) is 0 Å². The molecule has 6 rings (SSSR count). The highest BCUT2D eigenvalue weighted by Gasteiger charge is 2.20. The molecule has 0 unspecified atom stereocenters. The van der Waals surface area contributed by atoms with Crippen molar-refractivity contribution in [3.8, 4) is 11.5 Å². The fourth-order valence-corrected chi connectivity index (χ4v) is 5.67. The van der Waals surface area contributed by atoms with Gasteiger partial charge in [0.25, 0.3) is 5.56 Å². The predicted molar refractivity (Wildman–Crippen MR) is 151 cm³/mol. The van der Waals surface area contributed by atoms with E-state index in [0.29, 0.717) is 23.9 Å². The van der Waals surface area contributed by atoms with Crippen molar-refractivity contribution in [2.45, 2.75) is 38.4 Å². The SMILES string of the molecule is O=c1c(CN[C@@H](c2ccccc2)c2ccc(Cl)cc2)cc2cc3c(cc2n1CCN1CCCCC1)OCO3. The zero-order chi connectivity index (χ0) is 25.9. The van der Waals surface area contributed by atoms with Crippen molar-refractivity contribution < 1.29 is 9.47 Å². The Kier molecular flexibility index (Phi) is 7.36. The Balaban J connectivity index is 1.34. The van der Waals surface area contributed by atoms with Gasteiger partial charge in [-0.25, -0.2) is 0 Å². The van der Waals surface area contributed by atoms with Crippen molar-refractivity contribution in [3.05, 3.63) is 105 Å². The van der Waals surface area contributed by atoms with Crippen LogP contribution in [0, 0.1) is 0 Å².